The molecule has 0 aliphatic carbocycles. The van der Waals surface area contributed by atoms with E-state index in [4.69, 9.17) is 4.74 Å². The molecular formula is C27H24F2N2O3. The highest BCUT2D eigenvalue weighted by molar-refractivity contribution is 6.36. The van der Waals surface area contributed by atoms with E-state index in [1.54, 1.807) is 13.2 Å². The topological polar surface area (TPSA) is 58.6 Å². The first-order valence-corrected chi connectivity index (χ1v) is 10.8. The second-order valence-electron chi connectivity index (χ2n) is 8.16. The van der Waals surface area contributed by atoms with Crippen molar-refractivity contribution in [2.24, 2.45) is 0 Å². The van der Waals surface area contributed by atoms with Crippen LogP contribution in [0.2, 0.25) is 0 Å². The summed E-state index contributed by atoms with van der Waals surface area (Å²) in [6, 6.07) is 16.1. The van der Waals surface area contributed by atoms with Crippen molar-refractivity contribution in [2.45, 2.75) is 20.3 Å². The number of anilines is 1. The number of imide groups is 1. The number of amides is 2. The predicted octanol–water partition coefficient (Wildman–Crippen LogP) is 5.02. The number of methoxy groups -OCH3 is 1. The first-order chi connectivity index (χ1) is 16.3. The van der Waals surface area contributed by atoms with Crippen LogP contribution in [-0.2, 0) is 16.0 Å². The van der Waals surface area contributed by atoms with Crippen molar-refractivity contribution >= 4 is 23.1 Å². The van der Waals surface area contributed by atoms with Crippen LogP contribution in [0.5, 0.6) is 5.75 Å². The van der Waals surface area contributed by atoms with Crippen LogP contribution in [0, 0.1) is 25.5 Å². The quantitative estimate of drug-likeness (QED) is 0.501. The van der Waals surface area contributed by atoms with E-state index in [0.29, 0.717) is 17.7 Å². The smallest absolute Gasteiger partial charge is 0.278 e. The zero-order valence-electron chi connectivity index (χ0n) is 19.1. The summed E-state index contributed by atoms with van der Waals surface area (Å²) in [5, 5.41) is 2.86. The van der Waals surface area contributed by atoms with Crippen LogP contribution in [0.25, 0.3) is 5.57 Å². The maximum absolute atomic E-state index is 13.8. The first-order valence-electron chi connectivity index (χ1n) is 10.8. The third-order valence-corrected chi connectivity index (χ3v) is 5.94. The molecule has 0 unspecified atom stereocenters. The van der Waals surface area contributed by atoms with Crippen molar-refractivity contribution in [1.29, 1.82) is 0 Å². The maximum atomic E-state index is 13.8. The molecular weight excluding hydrogens is 438 g/mol. The minimum absolute atomic E-state index is 0.0361. The van der Waals surface area contributed by atoms with Crippen molar-refractivity contribution < 1.29 is 23.1 Å². The minimum Gasteiger partial charge on any atom is -0.497 e. The van der Waals surface area contributed by atoms with Gasteiger partial charge in [0.1, 0.15) is 11.4 Å². The standard InChI is InChI=1S/C27H24F2N2O3/c1-16-4-7-19(14-17(16)2)24-25(30-20-8-11-22(28)23(29)15-20)27(33)31(26(24)32)13-12-18-5-9-21(34-3)10-6-18/h4-11,14-15,30H,12-13H2,1-3H3. The van der Waals surface area contributed by atoms with Gasteiger partial charge in [-0.25, -0.2) is 8.78 Å². The van der Waals surface area contributed by atoms with Crippen LogP contribution in [0.3, 0.4) is 0 Å². The van der Waals surface area contributed by atoms with Crippen molar-refractivity contribution in [1.82, 2.24) is 4.90 Å². The fourth-order valence-electron chi connectivity index (χ4n) is 3.81. The van der Waals surface area contributed by atoms with Gasteiger partial charge >= 0.3 is 0 Å². The molecule has 5 nitrogen and oxygen atoms in total. The van der Waals surface area contributed by atoms with E-state index in [0.717, 1.165) is 28.8 Å². The van der Waals surface area contributed by atoms with Gasteiger partial charge in [0.15, 0.2) is 11.6 Å². The number of nitrogens with zero attached hydrogens (tertiary/aromatic N) is 1. The average molecular weight is 462 g/mol. The van der Waals surface area contributed by atoms with Crippen LogP contribution in [0.4, 0.5) is 14.5 Å². The Labute approximate surface area is 196 Å². The predicted molar refractivity (Wildman–Crippen MR) is 126 cm³/mol. The van der Waals surface area contributed by atoms with Crippen molar-refractivity contribution in [3.8, 4) is 5.75 Å². The summed E-state index contributed by atoms with van der Waals surface area (Å²) in [7, 11) is 1.58. The second kappa shape index (κ2) is 9.47. The van der Waals surface area contributed by atoms with E-state index in [1.165, 1.54) is 11.0 Å². The number of carbonyl (C=O) groups excluding carboxylic acids is 2. The SMILES string of the molecule is COc1ccc(CCN2C(=O)C(Nc3ccc(F)c(F)c3)=C(c3ccc(C)c(C)c3)C2=O)cc1. The molecule has 4 rings (SSSR count). The number of carbonyl (C=O) groups is 2. The lowest BCUT2D eigenvalue weighted by Crippen LogP contribution is -2.34. The Morgan fingerprint density at radius 3 is 2.24 bits per heavy atom. The van der Waals surface area contributed by atoms with Crippen LogP contribution < -0.4 is 10.1 Å². The van der Waals surface area contributed by atoms with Crippen molar-refractivity contribution in [2.75, 3.05) is 19.0 Å². The molecule has 0 radical (unpaired) electrons. The largest absolute Gasteiger partial charge is 0.497 e. The molecule has 0 saturated heterocycles. The minimum atomic E-state index is -1.05. The van der Waals surface area contributed by atoms with Gasteiger partial charge in [0.2, 0.25) is 0 Å². The summed E-state index contributed by atoms with van der Waals surface area (Å²) >= 11 is 0. The third-order valence-electron chi connectivity index (χ3n) is 5.94. The molecule has 0 fully saturated rings. The Balaban J connectivity index is 1.67. The van der Waals surface area contributed by atoms with Crippen LogP contribution >= 0.6 is 0 Å². The molecule has 1 heterocycles. The highest BCUT2D eigenvalue weighted by atomic mass is 19.2. The summed E-state index contributed by atoms with van der Waals surface area (Å²) in [5.74, 6) is -2.28. The Kier molecular flexibility index (Phi) is 6.45. The molecule has 1 N–H and O–H groups in total. The van der Waals surface area contributed by atoms with Crippen molar-refractivity contribution in [3.05, 3.63) is 100 Å². The number of halogens is 2. The van der Waals surface area contributed by atoms with Crippen molar-refractivity contribution in [3.63, 3.8) is 0 Å². The molecule has 0 bridgehead atoms. The molecule has 2 amide bonds. The summed E-state index contributed by atoms with van der Waals surface area (Å²) in [5.41, 5.74) is 3.95. The third kappa shape index (κ3) is 4.55. The van der Waals surface area contributed by atoms with E-state index in [2.05, 4.69) is 5.32 Å². The monoisotopic (exact) mass is 462 g/mol. The average Bonchev–Trinajstić information content (AvgIpc) is 3.06. The Morgan fingerprint density at radius 2 is 1.59 bits per heavy atom. The van der Waals surface area contributed by atoms with Gasteiger partial charge in [0.05, 0.1) is 12.7 Å². The fraction of sp³-hybridized carbons (Fsp3) is 0.185. The van der Waals surface area contributed by atoms with Gasteiger partial charge in [-0.1, -0.05) is 30.3 Å². The second-order valence-corrected chi connectivity index (χ2v) is 8.16. The molecule has 3 aromatic rings. The maximum Gasteiger partial charge on any atom is 0.278 e. The number of hydrogen-bond donors (Lipinski definition) is 1. The van der Waals surface area contributed by atoms with Gasteiger partial charge in [0, 0.05) is 18.3 Å². The van der Waals surface area contributed by atoms with E-state index < -0.39 is 23.4 Å². The summed E-state index contributed by atoms with van der Waals surface area (Å²) in [6.45, 7) is 4.04. The Hall–Kier alpha value is -4.00. The number of rotatable bonds is 7. The number of aryl methyl sites for hydroxylation is 2. The Morgan fingerprint density at radius 1 is 0.853 bits per heavy atom. The van der Waals surface area contributed by atoms with Crippen LogP contribution in [-0.4, -0.2) is 30.4 Å². The highest BCUT2D eigenvalue weighted by Crippen LogP contribution is 2.32. The zero-order valence-corrected chi connectivity index (χ0v) is 19.1. The van der Waals surface area contributed by atoms with Gasteiger partial charge in [-0.05, 0) is 66.8 Å². The lowest BCUT2D eigenvalue weighted by Gasteiger charge is -2.15. The molecule has 34 heavy (non-hydrogen) atoms. The molecule has 0 aromatic heterocycles. The van der Waals surface area contributed by atoms with E-state index >= 15 is 0 Å². The number of ether oxygens (including phenoxy) is 1. The van der Waals surface area contributed by atoms with Crippen LogP contribution in [0.1, 0.15) is 22.3 Å². The van der Waals surface area contributed by atoms with Crippen LogP contribution in [0.15, 0.2) is 66.4 Å². The first kappa shape index (κ1) is 23.2. The molecule has 174 valence electrons. The molecule has 3 aromatic carbocycles. The zero-order chi connectivity index (χ0) is 24.4. The molecule has 1 aliphatic rings. The molecule has 0 atom stereocenters. The van der Waals surface area contributed by atoms with E-state index in [-0.39, 0.29) is 23.5 Å². The van der Waals surface area contributed by atoms with Gasteiger partial charge in [-0.2, -0.15) is 0 Å². The molecule has 0 saturated carbocycles. The highest BCUT2D eigenvalue weighted by Gasteiger charge is 2.39. The van der Waals surface area contributed by atoms with Gasteiger partial charge < -0.3 is 10.1 Å². The Bertz CT molecular complexity index is 1300. The van der Waals surface area contributed by atoms with E-state index in [9.17, 15) is 18.4 Å². The number of benzene rings is 3. The summed E-state index contributed by atoms with van der Waals surface area (Å²) in [6.07, 6.45) is 0.458. The lowest BCUT2D eigenvalue weighted by atomic mass is 9.99. The molecule has 1 aliphatic heterocycles. The molecule has 7 heteroatoms. The lowest BCUT2D eigenvalue weighted by molar-refractivity contribution is -0.136. The fourth-order valence-corrected chi connectivity index (χ4v) is 3.81. The number of hydrogen-bond acceptors (Lipinski definition) is 4. The normalized spacial score (nSPS) is 13.6. The molecule has 0 spiro atoms. The number of nitrogens with one attached hydrogen (secondary N) is 1. The summed E-state index contributed by atoms with van der Waals surface area (Å²) in [4.78, 5) is 27.9. The van der Waals surface area contributed by atoms with E-state index in [1.807, 2.05) is 50.2 Å². The van der Waals surface area contributed by atoms with Gasteiger partial charge in [-0.15, -0.1) is 0 Å². The van der Waals surface area contributed by atoms with Gasteiger partial charge in [-0.3, -0.25) is 14.5 Å². The van der Waals surface area contributed by atoms with Gasteiger partial charge in [0.25, 0.3) is 11.8 Å². The summed E-state index contributed by atoms with van der Waals surface area (Å²) < 4.78 is 32.3.